The molecular weight excluding hydrogens is 443 g/mol. The lowest BCUT2D eigenvalue weighted by atomic mass is 9.90. The predicted octanol–water partition coefficient (Wildman–Crippen LogP) is 6.40. The van der Waals surface area contributed by atoms with Gasteiger partial charge in [-0.25, -0.2) is 0 Å². The van der Waals surface area contributed by atoms with Crippen molar-refractivity contribution < 1.29 is 27.8 Å². The van der Waals surface area contributed by atoms with Crippen LogP contribution in [0.25, 0.3) is 10.9 Å². The topological polar surface area (TPSA) is 62.3 Å². The van der Waals surface area contributed by atoms with E-state index >= 15 is 0 Å². The number of aliphatic hydroxyl groups is 1. The molecule has 1 aromatic heterocycles. The normalized spacial score (nSPS) is 22.3. The van der Waals surface area contributed by atoms with E-state index in [1.807, 2.05) is 18.2 Å². The van der Waals surface area contributed by atoms with Gasteiger partial charge in [-0.15, -0.1) is 0 Å². The van der Waals surface area contributed by atoms with Crippen molar-refractivity contribution in [2.45, 2.75) is 76.2 Å². The van der Waals surface area contributed by atoms with E-state index in [1.54, 1.807) is 13.0 Å². The number of rotatable bonds is 6. The number of aromatic amines is 1. The number of nitrogens with one attached hydrogen (secondary N) is 1. The Bertz CT molecular complexity index is 1230. The zero-order valence-electron chi connectivity index (χ0n) is 19.0. The first-order valence-corrected chi connectivity index (χ1v) is 11.9. The summed E-state index contributed by atoms with van der Waals surface area (Å²) in [6.07, 6.45) is -1.04. The zero-order chi connectivity index (χ0) is 24.0. The Labute approximate surface area is 196 Å². The molecule has 0 amide bonds. The fraction of sp³-hybridized carbons (Fsp3) is 0.444. The second-order valence-corrected chi connectivity index (χ2v) is 9.68. The number of halogens is 3. The predicted molar refractivity (Wildman–Crippen MR) is 123 cm³/mol. The van der Waals surface area contributed by atoms with Crippen LogP contribution in [-0.4, -0.2) is 22.0 Å². The summed E-state index contributed by atoms with van der Waals surface area (Å²) in [5.74, 6) is 0.499. The summed E-state index contributed by atoms with van der Waals surface area (Å²) in [5.41, 5.74) is 3.21. The van der Waals surface area contributed by atoms with Gasteiger partial charge in [-0.2, -0.15) is 13.2 Å². The van der Waals surface area contributed by atoms with Gasteiger partial charge >= 0.3 is 6.18 Å². The number of aromatic nitrogens is 1. The summed E-state index contributed by atoms with van der Waals surface area (Å²) < 4.78 is 47.3. The van der Waals surface area contributed by atoms with Crippen LogP contribution in [0, 0.1) is 0 Å². The molecule has 1 saturated carbocycles. The van der Waals surface area contributed by atoms with Crippen LogP contribution in [0.1, 0.15) is 78.8 Å². The Morgan fingerprint density at radius 2 is 1.97 bits per heavy atom. The van der Waals surface area contributed by atoms with Crippen molar-refractivity contribution in [2.75, 3.05) is 0 Å². The average Bonchev–Trinajstić information content (AvgIpc) is 3.47. The number of alkyl halides is 3. The number of hydrogen-bond donors (Lipinski definition) is 2. The zero-order valence-corrected chi connectivity index (χ0v) is 19.0. The van der Waals surface area contributed by atoms with Gasteiger partial charge in [0, 0.05) is 34.9 Å². The van der Waals surface area contributed by atoms with E-state index in [4.69, 9.17) is 4.74 Å². The van der Waals surface area contributed by atoms with Gasteiger partial charge in [-0.1, -0.05) is 18.6 Å². The van der Waals surface area contributed by atoms with Crippen molar-refractivity contribution in [1.29, 1.82) is 0 Å². The molecule has 0 bridgehead atoms. The van der Waals surface area contributed by atoms with Crippen molar-refractivity contribution in [3.63, 3.8) is 0 Å². The molecule has 180 valence electrons. The number of ether oxygens (including phenoxy) is 1. The van der Waals surface area contributed by atoms with Crippen LogP contribution >= 0.6 is 0 Å². The molecule has 0 aliphatic heterocycles. The first kappa shape index (κ1) is 23.0. The molecular formula is C27H28F3NO3. The third-order valence-corrected chi connectivity index (χ3v) is 7.30. The second kappa shape index (κ2) is 8.77. The molecule has 3 atom stereocenters. The molecule has 2 N–H and O–H groups in total. The van der Waals surface area contributed by atoms with Crippen molar-refractivity contribution in [2.24, 2.45) is 0 Å². The summed E-state index contributed by atoms with van der Waals surface area (Å²) in [4.78, 5) is 15.0. The summed E-state index contributed by atoms with van der Waals surface area (Å²) >= 11 is 0. The summed E-state index contributed by atoms with van der Waals surface area (Å²) in [6, 6.07) is 9.96. The molecule has 0 saturated heterocycles. The second-order valence-electron chi connectivity index (χ2n) is 9.68. The number of aryl methyl sites for hydroxylation is 1. The van der Waals surface area contributed by atoms with E-state index in [1.165, 1.54) is 11.6 Å². The van der Waals surface area contributed by atoms with Crippen molar-refractivity contribution in [1.82, 2.24) is 4.98 Å². The van der Waals surface area contributed by atoms with E-state index in [0.29, 0.717) is 30.6 Å². The molecule has 5 rings (SSSR count). The monoisotopic (exact) mass is 471 g/mol. The third-order valence-electron chi connectivity index (χ3n) is 7.30. The Hall–Kier alpha value is -2.80. The Morgan fingerprint density at radius 3 is 2.68 bits per heavy atom. The Kier molecular flexibility index (Phi) is 5.92. The van der Waals surface area contributed by atoms with Gasteiger partial charge in [0.2, 0.25) is 0 Å². The van der Waals surface area contributed by atoms with E-state index in [9.17, 15) is 23.1 Å². The molecule has 0 radical (unpaired) electrons. The lowest BCUT2D eigenvalue weighted by Gasteiger charge is -2.21. The number of fused-ring (bicyclic) bond motifs is 3. The molecule has 34 heavy (non-hydrogen) atoms. The Morgan fingerprint density at radius 1 is 1.15 bits per heavy atom. The highest BCUT2D eigenvalue weighted by molar-refractivity contribution is 5.87. The molecule has 3 aromatic rings. The number of carbonyl (C=O) groups excluding carboxylic acids is 1. The molecule has 7 heteroatoms. The summed E-state index contributed by atoms with van der Waals surface area (Å²) in [5, 5.41) is 11.2. The fourth-order valence-electron chi connectivity index (χ4n) is 5.70. The van der Waals surface area contributed by atoms with Gasteiger partial charge < -0.3 is 19.6 Å². The van der Waals surface area contributed by atoms with Gasteiger partial charge in [0.25, 0.3) is 0 Å². The van der Waals surface area contributed by atoms with Crippen molar-refractivity contribution in [3.8, 4) is 5.75 Å². The van der Waals surface area contributed by atoms with Crippen LogP contribution in [0.2, 0.25) is 0 Å². The number of H-pyrrole nitrogens is 1. The van der Waals surface area contributed by atoms with Crippen LogP contribution in [0.15, 0.2) is 36.4 Å². The number of benzene rings is 2. The first-order valence-electron chi connectivity index (χ1n) is 11.9. The molecule has 1 fully saturated rings. The van der Waals surface area contributed by atoms with Crippen LogP contribution in [0.5, 0.6) is 5.75 Å². The average molecular weight is 472 g/mol. The van der Waals surface area contributed by atoms with Crippen LogP contribution in [0.4, 0.5) is 13.2 Å². The van der Waals surface area contributed by atoms with Crippen LogP contribution in [0.3, 0.4) is 0 Å². The Balaban J connectivity index is 1.36. The van der Waals surface area contributed by atoms with E-state index < -0.39 is 23.8 Å². The number of hydrogen-bond acceptors (Lipinski definition) is 3. The largest absolute Gasteiger partial charge is 0.489 e. The maximum Gasteiger partial charge on any atom is 0.416 e. The SMILES string of the molecule is CC(=O)CC1CCc2c1[nH]c1ccc(OCc3ccc(C4CCCC4O)c(C(F)(F)F)c3)cc21. The molecule has 0 spiro atoms. The van der Waals surface area contributed by atoms with Gasteiger partial charge in [-0.05, 0) is 73.6 Å². The minimum Gasteiger partial charge on any atom is -0.489 e. The maximum absolute atomic E-state index is 13.8. The quantitative estimate of drug-likeness (QED) is 0.437. The third kappa shape index (κ3) is 4.33. The minimum atomic E-state index is -4.49. The lowest BCUT2D eigenvalue weighted by Crippen LogP contribution is -2.18. The van der Waals surface area contributed by atoms with Crippen molar-refractivity contribution in [3.05, 3.63) is 64.3 Å². The number of ketones is 1. The molecule has 2 aliphatic rings. The highest BCUT2D eigenvalue weighted by Gasteiger charge is 2.38. The van der Waals surface area contributed by atoms with Crippen LogP contribution in [-0.2, 0) is 24.0 Å². The summed E-state index contributed by atoms with van der Waals surface area (Å²) in [6.45, 7) is 1.63. The van der Waals surface area contributed by atoms with E-state index in [-0.39, 0.29) is 23.9 Å². The van der Waals surface area contributed by atoms with Crippen molar-refractivity contribution >= 4 is 16.7 Å². The molecule has 2 aliphatic carbocycles. The maximum atomic E-state index is 13.8. The van der Waals surface area contributed by atoms with E-state index in [2.05, 4.69) is 4.98 Å². The number of carbonyl (C=O) groups is 1. The molecule has 2 aromatic carbocycles. The molecule has 1 heterocycles. The van der Waals surface area contributed by atoms with Gasteiger partial charge in [0.05, 0.1) is 11.7 Å². The van der Waals surface area contributed by atoms with Gasteiger partial charge in [0.1, 0.15) is 18.1 Å². The first-order chi connectivity index (χ1) is 16.2. The molecule has 3 unspecified atom stereocenters. The fourth-order valence-corrected chi connectivity index (χ4v) is 5.70. The minimum absolute atomic E-state index is 0.0155. The highest BCUT2D eigenvalue weighted by atomic mass is 19.4. The number of Topliss-reactive ketones (excluding diaryl/α,β-unsaturated/α-hetero) is 1. The number of aliphatic hydroxyl groups excluding tert-OH is 1. The standard InChI is InChI=1S/C27H28F3NO3/c1-15(32)11-17-6-9-21-22-13-18(7-10-24(22)31-26(17)21)34-14-16-5-8-19(20-3-2-4-25(20)33)23(12-16)27(28,29)30/h5,7-8,10,12-13,17,20,25,31,33H,2-4,6,9,11,14H2,1H3. The van der Waals surface area contributed by atoms with Crippen LogP contribution < -0.4 is 4.74 Å². The highest BCUT2D eigenvalue weighted by Crippen LogP contribution is 2.43. The lowest BCUT2D eigenvalue weighted by molar-refractivity contribution is -0.138. The van der Waals surface area contributed by atoms with Gasteiger partial charge in [0.15, 0.2) is 0 Å². The van der Waals surface area contributed by atoms with E-state index in [0.717, 1.165) is 41.9 Å². The molecule has 4 nitrogen and oxygen atoms in total. The smallest absolute Gasteiger partial charge is 0.416 e. The van der Waals surface area contributed by atoms with Gasteiger partial charge in [-0.3, -0.25) is 0 Å². The summed E-state index contributed by atoms with van der Waals surface area (Å²) in [7, 11) is 0.